The molecule has 0 spiro atoms. The molecular weight excluding hydrogens is 242 g/mol. The molecule has 0 radical (unpaired) electrons. The van der Waals surface area contributed by atoms with E-state index in [9.17, 15) is 0 Å². The minimum absolute atomic E-state index is 0.196. The Morgan fingerprint density at radius 2 is 2.38 bits per heavy atom. The Bertz CT molecular complexity index is 486. The fourth-order valence-electron chi connectivity index (χ4n) is 1.37. The van der Waals surface area contributed by atoms with Crippen LogP contribution in [-0.2, 0) is 0 Å². The molecule has 0 fully saturated rings. The largest absolute Gasteiger partial charge is 0.396 e. The number of thioether (sulfide) groups is 1. The SMILES string of the molecule is CC(CCO)Sc1nc(N)nc2sccc12. The summed E-state index contributed by atoms with van der Waals surface area (Å²) in [7, 11) is 0. The number of nitrogens with zero attached hydrogens (tertiary/aromatic N) is 2. The average molecular weight is 255 g/mol. The number of hydrogen-bond donors (Lipinski definition) is 2. The fraction of sp³-hybridized carbons (Fsp3) is 0.400. The number of fused-ring (bicyclic) bond motifs is 1. The van der Waals surface area contributed by atoms with Gasteiger partial charge in [0.1, 0.15) is 9.86 Å². The molecule has 0 bridgehead atoms. The fourth-order valence-corrected chi connectivity index (χ4v) is 3.24. The van der Waals surface area contributed by atoms with Gasteiger partial charge in [0.15, 0.2) is 0 Å². The minimum atomic E-state index is 0.196. The maximum absolute atomic E-state index is 8.87. The molecule has 6 heteroatoms. The second-order valence-corrected chi connectivity index (χ2v) is 5.79. The van der Waals surface area contributed by atoms with E-state index in [1.807, 2.05) is 11.4 Å². The Balaban J connectivity index is 2.31. The predicted octanol–water partition coefficient (Wildman–Crippen LogP) is 2.14. The summed E-state index contributed by atoms with van der Waals surface area (Å²) < 4.78 is 0. The summed E-state index contributed by atoms with van der Waals surface area (Å²) in [6, 6.07) is 2.01. The quantitative estimate of drug-likeness (QED) is 0.647. The number of nitrogens with two attached hydrogens (primary N) is 1. The van der Waals surface area contributed by atoms with Crippen LogP contribution >= 0.6 is 23.1 Å². The van der Waals surface area contributed by atoms with Crippen LogP contribution in [0.2, 0.25) is 0 Å². The van der Waals surface area contributed by atoms with Crippen molar-refractivity contribution in [3.8, 4) is 0 Å². The zero-order valence-corrected chi connectivity index (χ0v) is 10.5. The highest BCUT2D eigenvalue weighted by Gasteiger charge is 2.11. The van der Waals surface area contributed by atoms with Gasteiger partial charge in [0, 0.05) is 17.2 Å². The monoisotopic (exact) mass is 255 g/mol. The van der Waals surface area contributed by atoms with Gasteiger partial charge in [0.25, 0.3) is 0 Å². The molecule has 4 nitrogen and oxygen atoms in total. The second kappa shape index (κ2) is 4.99. The lowest BCUT2D eigenvalue weighted by Gasteiger charge is -2.09. The smallest absolute Gasteiger partial charge is 0.222 e. The zero-order chi connectivity index (χ0) is 11.5. The highest BCUT2D eigenvalue weighted by molar-refractivity contribution is 8.00. The van der Waals surface area contributed by atoms with E-state index in [-0.39, 0.29) is 6.61 Å². The van der Waals surface area contributed by atoms with Gasteiger partial charge in [-0.05, 0) is 17.9 Å². The lowest BCUT2D eigenvalue weighted by molar-refractivity contribution is 0.289. The molecule has 0 aliphatic carbocycles. The molecule has 2 heterocycles. The van der Waals surface area contributed by atoms with Crippen molar-refractivity contribution in [1.82, 2.24) is 9.97 Å². The molecule has 0 saturated carbocycles. The van der Waals surface area contributed by atoms with Crippen molar-refractivity contribution in [1.29, 1.82) is 0 Å². The Hall–Kier alpha value is -0.850. The highest BCUT2D eigenvalue weighted by Crippen LogP contribution is 2.32. The number of rotatable bonds is 4. The van der Waals surface area contributed by atoms with Crippen molar-refractivity contribution in [2.24, 2.45) is 0 Å². The van der Waals surface area contributed by atoms with Gasteiger partial charge in [-0.25, -0.2) is 9.97 Å². The van der Waals surface area contributed by atoms with Crippen LogP contribution in [0.5, 0.6) is 0 Å². The summed E-state index contributed by atoms with van der Waals surface area (Å²) in [5, 5.41) is 13.1. The second-order valence-electron chi connectivity index (χ2n) is 3.47. The number of aliphatic hydroxyl groups excluding tert-OH is 1. The van der Waals surface area contributed by atoms with Gasteiger partial charge < -0.3 is 10.8 Å². The summed E-state index contributed by atoms with van der Waals surface area (Å²) in [5.74, 6) is 0.314. The molecule has 0 saturated heterocycles. The number of nitrogen functional groups attached to an aromatic ring is 1. The molecule has 2 rings (SSSR count). The van der Waals surface area contributed by atoms with Gasteiger partial charge in [0.05, 0.1) is 0 Å². The van der Waals surface area contributed by atoms with Crippen molar-refractivity contribution in [3.63, 3.8) is 0 Å². The van der Waals surface area contributed by atoms with Crippen LogP contribution in [-0.4, -0.2) is 26.9 Å². The number of anilines is 1. The van der Waals surface area contributed by atoms with E-state index in [0.717, 1.165) is 21.7 Å². The Morgan fingerprint density at radius 3 is 3.12 bits per heavy atom. The Kier molecular flexibility index (Phi) is 3.63. The average Bonchev–Trinajstić information content (AvgIpc) is 2.65. The van der Waals surface area contributed by atoms with Crippen molar-refractivity contribution >= 4 is 39.3 Å². The van der Waals surface area contributed by atoms with Crippen LogP contribution in [0.25, 0.3) is 10.2 Å². The zero-order valence-electron chi connectivity index (χ0n) is 8.88. The van der Waals surface area contributed by atoms with Crippen molar-refractivity contribution in [3.05, 3.63) is 11.4 Å². The number of thiophene rings is 1. The lowest BCUT2D eigenvalue weighted by atomic mass is 10.3. The predicted molar refractivity (Wildman–Crippen MR) is 68.8 cm³/mol. The van der Waals surface area contributed by atoms with E-state index >= 15 is 0 Å². The highest BCUT2D eigenvalue weighted by atomic mass is 32.2. The lowest BCUT2D eigenvalue weighted by Crippen LogP contribution is -2.02. The van der Waals surface area contributed by atoms with E-state index in [1.165, 1.54) is 0 Å². The Labute approximate surface area is 102 Å². The summed E-state index contributed by atoms with van der Waals surface area (Å²) in [6.07, 6.45) is 0.750. The number of aliphatic hydroxyl groups is 1. The van der Waals surface area contributed by atoms with Crippen LogP contribution in [0.1, 0.15) is 13.3 Å². The molecular formula is C10H13N3OS2. The first-order valence-corrected chi connectivity index (χ1v) is 6.75. The molecule has 0 amide bonds. The number of aromatic nitrogens is 2. The van der Waals surface area contributed by atoms with E-state index < -0.39 is 0 Å². The van der Waals surface area contributed by atoms with Gasteiger partial charge in [-0.2, -0.15) is 0 Å². The van der Waals surface area contributed by atoms with E-state index in [0.29, 0.717) is 11.2 Å². The van der Waals surface area contributed by atoms with Crippen molar-refractivity contribution in [2.45, 2.75) is 23.6 Å². The van der Waals surface area contributed by atoms with Gasteiger partial charge in [0.2, 0.25) is 5.95 Å². The topological polar surface area (TPSA) is 72.0 Å². The van der Waals surface area contributed by atoms with Crippen LogP contribution in [0.15, 0.2) is 16.5 Å². The standard InChI is InChI=1S/C10H13N3OS2/c1-6(2-4-14)16-9-7-3-5-15-8(7)12-10(11)13-9/h3,5-6,14H,2,4H2,1H3,(H2,11,12,13). The molecule has 0 aliphatic rings. The van der Waals surface area contributed by atoms with Crippen molar-refractivity contribution in [2.75, 3.05) is 12.3 Å². The molecule has 0 aromatic carbocycles. The Morgan fingerprint density at radius 1 is 1.56 bits per heavy atom. The first kappa shape index (κ1) is 11.6. The normalized spacial score (nSPS) is 13.1. The summed E-state index contributed by atoms with van der Waals surface area (Å²) >= 11 is 3.19. The van der Waals surface area contributed by atoms with Gasteiger partial charge in [-0.3, -0.25) is 0 Å². The van der Waals surface area contributed by atoms with Crippen LogP contribution in [0, 0.1) is 0 Å². The van der Waals surface area contributed by atoms with Gasteiger partial charge in [-0.1, -0.05) is 6.92 Å². The van der Waals surface area contributed by atoms with E-state index in [4.69, 9.17) is 10.8 Å². The molecule has 3 N–H and O–H groups in total. The summed E-state index contributed by atoms with van der Waals surface area (Å²) in [6.45, 7) is 2.26. The molecule has 2 aromatic rings. The van der Waals surface area contributed by atoms with Gasteiger partial charge in [-0.15, -0.1) is 23.1 Å². The molecule has 0 aliphatic heterocycles. The third-order valence-electron chi connectivity index (χ3n) is 2.16. The molecule has 2 aromatic heterocycles. The molecule has 86 valence electrons. The van der Waals surface area contributed by atoms with Crippen LogP contribution in [0.4, 0.5) is 5.95 Å². The van der Waals surface area contributed by atoms with Crippen molar-refractivity contribution < 1.29 is 5.11 Å². The van der Waals surface area contributed by atoms with E-state index in [2.05, 4.69) is 16.9 Å². The maximum atomic E-state index is 8.87. The molecule has 1 unspecified atom stereocenters. The third-order valence-corrected chi connectivity index (χ3v) is 4.13. The van der Waals surface area contributed by atoms with Crippen LogP contribution < -0.4 is 5.73 Å². The van der Waals surface area contributed by atoms with Crippen LogP contribution in [0.3, 0.4) is 0 Å². The molecule has 16 heavy (non-hydrogen) atoms. The minimum Gasteiger partial charge on any atom is -0.396 e. The first-order chi connectivity index (χ1) is 7.70. The van der Waals surface area contributed by atoms with Gasteiger partial charge >= 0.3 is 0 Å². The summed E-state index contributed by atoms with van der Waals surface area (Å²) in [5.41, 5.74) is 5.66. The first-order valence-electron chi connectivity index (χ1n) is 4.99. The number of hydrogen-bond acceptors (Lipinski definition) is 6. The third kappa shape index (κ3) is 2.45. The van der Waals surface area contributed by atoms with E-state index in [1.54, 1.807) is 23.1 Å². The molecule has 1 atom stereocenters. The summed E-state index contributed by atoms with van der Waals surface area (Å²) in [4.78, 5) is 9.34. The maximum Gasteiger partial charge on any atom is 0.222 e.